The van der Waals surface area contributed by atoms with Gasteiger partial charge in [0.05, 0.1) is 6.34 Å². The van der Waals surface area contributed by atoms with Crippen molar-refractivity contribution in [1.29, 1.82) is 0 Å². The lowest BCUT2D eigenvalue weighted by molar-refractivity contribution is -0.121. The summed E-state index contributed by atoms with van der Waals surface area (Å²) in [5.74, 6) is -0.0139. The molecule has 0 bridgehead atoms. The van der Waals surface area contributed by atoms with Crippen molar-refractivity contribution in [2.45, 2.75) is 33.7 Å². The fourth-order valence-electron chi connectivity index (χ4n) is 1.07. The summed E-state index contributed by atoms with van der Waals surface area (Å²) in [4.78, 5) is 17.3. The molecule has 0 aromatic carbocycles. The summed E-state index contributed by atoms with van der Waals surface area (Å²) in [6, 6.07) is 0.160. The van der Waals surface area contributed by atoms with E-state index in [1.807, 2.05) is 46.0 Å². The van der Waals surface area contributed by atoms with Crippen LogP contribution in [0.5, 0.6) is 0 Å². The lowest BCUT2D eigenvalue weighted by Crippen LogP contribution is -2.37. The van der Waals surface area contributed by atoms with Crippen molar-refractivity contribution >= 4 is 12.2 Å². The van der Waals surface area contributed by atoms with Crippen LogP contribution in [0.15, 0.2) is 29.5 Å². The predicted molar refractivity (Wildman–Crippen MR) is 68.1 cm³/mol. The molecule has 0 saturated heterocycles. The van der Waals surface area contributed by atoms with Crippen LogP contribution in [0.3, 0.4) is 0 Å². The van der Waals surface area contributed by atoms with Crippen molar-refractivity contribution in [3.05, 3.63) is 24.6 Å². The lowest BCUT2D eigenvalue weighted by atomic mass is 10.4. The molecule has 16 heavy (non-hydrogen) atoms. The molecule has 0 saturated carbocycles. The van der Waals surface area contributed by atoms with Crippen LogP contribution in [-0.4, -0.2) is 29.7 Å². The van der Waals surface area contributed by atoms with E-state index in [4.69, 9.17) is 0 Å². The molecule has 0 radical (unpaired) electrons. The van der Waals surface area contributed by atoms with Crippen molar-refractivity contribution in [2.24, 2.45) is 4.99 Å². The van der Waals surface area contributed by atoms with Crippen LogP contribution in [-0.2, 0) is 4.79 Å². The normalized spacial score (nSPS) is 12.1. The van der Waals surface area contributed by atoms with Crippen LogP contribution >= 0.6 is 0 Å². The van der Waals surface area contributed by atoms with Crippen molar-refractivity contribution in [3.63, 3.8) is 0 Å². The van der Waals surface area contributed by atoms with Crippen LogP contribution in [0.25, 0.3) is 0 Å². The molecule has 4 nitrogen and oxygen atoms in total. The third-order valence-electron chi connectivity index (χ3n) is 1.57. The highest BCUT2D eigenvalue weighted by Gasteiger charge is 2.05. The van der Waals surface area contributed by atoms with Crippen LogP contribution in [0.1, 0.15) is 27.7 Å². The number of carbonyl (C=O) groups excluding carboxylic acids is 1. The van der Waals surface area contributed by atoms with Crippen molar-refractivity contribution in [2.75, 3.05) is 6.54 Å². The minimum atomic E-state index is -0.0139. The maximum absolute atomic E-state index is 11.5. The summed E-state index contributed by atoms with van der Waals surface area (Å²) in [5.41, 5.74) is 0. The van der Waals surface area contributed by atoms with E-state index in [0.717, 1.165) is 0 Å². The predicted octanol–water partition coefficient (Wildman–Crippen LogP) is 1.91. The number of aliphatic imine (C=N–C) groups is 1. The second-order valence-electron chi connectivity index (χ2n) is 3.62. The molecule has 1 N–H and O–H groups in total. The number of allylic oxidation sites excluding steroid dienone is 2. The van der Waals surface area contributed by atoms with Crippen LogP contribution in [0.2, 0.25) is 0 Å². The molecule has 0 aliphatic heterocycles. The van der Waals surface area contributed by atoms with Gasteiger partial charge < -0.3 is 10.2 Å². The highest BCUT2D eigenvalue weighted by molar-refractivity contribution is 5.80. The van der Waals surface area contributed by atoms with Gasteiger partial charge in [0.2, 0.25) is 5.91 Å². The summed E-state index contributed by atoms with van der Waals surface area (Å²) in [6.07, 6.45) is 8.81. The average molecular weight is 223 g/mol. The Balaban J connectivity index is 4.27. The van der Waals surface area contributed by atoms with E-state index in [-0.39, 0.29) is 18.5 Å². The Morgan fingerprint density at radius 3 is 2.56 bits per heavy atom. The van der Waals surface area contributed by atoms with Gasteiger partial charge in [0, 0.05) is 18.4 Å². The molecule has 0 aliphatic rings. The summed E-state index contributed by atoms with van der Waals surface area (Å²) < 4.78 is 0. The van der Waals surface area contributed by atoms with Gasteiger partial charge in [-0.25, -0.2) is 4.99 Å². The summed E-state index contributed by atoms with van der Waals surface area (Å²) in [6.45, 7) is 7.95. The Labute approximate surface area is 97.7 Å². The second kappa shape index (κ2) is 8.71. The van der Waals surface area contributed by atoms with Gasteiger partial charge in [0.25, 0.3) is 0 Å². The van der Waals surface area contributed by atoms with Crippen molar-refractivity contribution in [1.82, 2.24) is 10.2 Å². The van der Waals surface area contributed by atoms with Gasteiger partial charge in [-0.3, -0.25) is 4.79 Å². The van der Waals surface area contributed by atoms with E-state index >= 15 is 0 Å². The number of carbonyl (C=O) groups is 1. The maximum atomic E-state index is 11.5. The summed E-state index contributed by atoms with van der Waals surface area (Å²) in [5, 5.41) is 2.83. The van der Waals surface area contributed by atoms with Gasteiger partial charge in [-0.05, 0) is 27.7 Å². The number of amides is 1. The van der Waals surface area contributed by atoms with Gasteiger partial charge in [0.1, 0.15) is 6.54 Å². The smallest absolute Gasteiger partial charge is 0.240 e. The molecule has 0 aromatic rings. The number of nitrogens with one attached hydrogen (secondary N) is 1. The van der Waals surface area contributed by atoms with Gasteiger partial charge in [-0.2, -0.15) is 0 Å². The standard InChI is InChI=1S/C12H21N3O/c1-5-7-13-10-15(8-6-2)9-12(16)14-11(3)4/h5-8,10-11H,9H2,1-4H3,(H,14,16)/b7-5+,8-6+,13-10-. The van der Waals surface area contributed by atoms with E-state index < -0.39 is 0 Å². The van der Waals surface area contributed by atoms with Gasteiger partial charge in [-0.15, -0.1) is 0 Å². The number of hydrogen-bond acceptors (Lipinski definition) is 2. The van der Waals surface area contributed by atoms with Crippen LogP contribution < -0.4 is 5.32 Å². The third-order valence-corrected chi connectivity index (χ3v) is 1.57. The largest absolute Gasteiger partial charge is 0.352 e. The molecule has 0 rings (SSSR count). The first-order chi connectivity index (χ1) is 7.60. The first-order valence-electron chi connectivity index (χ1n) is 5.42. The molecule has 0 aromatic heterocycles. The van der Waals surface area contributed by atoms with E-state index in [1.54, 1.807) is 17.4 Å². The molecular formula is C12H21N3O. The number of rotatable bonds is 6. The Hall–Kier alpha value is -1.58. The Morgan fingerprint density at radius 1 is 1.38 bits per heavy atom. The topological polar surface area (TPSA) is 44.7 Å². The second-order valence-corrected chi connectivity index (χ2v) is 3.62. The molecular weight excluding hydrogens is 202 g/mol. The molecule has 0 fully saturated rings. The molecule has 0 unspecified atom stereocenters. The van der Waals surface area contributed by atoms with Crippen molar-refractivity contribution in [3.8, 4) is 0 Å². The first-order valence-corrected chi connectivity index (χ1v) is 5.42. The molecule has 0 aliphatic carbocycles. The number of nitrogens with zero attached hydrogens (tertiary/aromatic N) is 2. The van der Waals surface area contributed by atoms with Gasteiger partial charge in [-0.1, -0.05) is 12.2 Å². The fraction of sp³-hybridized carbons (Fsp3) is 0.500. The zero-order chi connectivity index (χ0) is 12.4. The maximum Gasteiger partial charge on any atom is 0.240 e. The molecule has 0 heterocycles. The Morgan fingerprint density at radius 2 is 2.06 bits per heavy atom. The minimum Gasteiger partial charge on any atom is -0.352 e. The first kappa shape index (κ1) is 14.4. The molecule has 1 amide bonds. The quantitative estimate of drug-likeness (QED) is 0.552. The van der Waals surface area contributed by atoms with E-state index in [2.05, 4.69) is 10.3 Å². The molecule has 0 spiro atoms. The molecule has 4 heteroatoms. The average Bonchev–Trinajstić information content (AvgIpc) is 2.16. The zero-order valence-corrected chi connectivity index (χ0v) is 10.5. The zero-order valence-electron chi connectivity index (χ0n) is 10.5. The minimum absolute atomic E-state index is 0.0139. The monoisotopic (exact) mass is 223 g/mol. The third kappa shape index (κ3) is 7.79. The highest BCUT2D eigenvalue weighted by atomic mass is 16.2. The summed E-state index contributed by atoms with van der Waals surface area (Å²) >= 11 is 0. The van der Waals surface area contributed by atoms with Crippen LogP contribution in [0.4, 0.5) is 0 Å². The lowest BCUT2D eigenvalue weighted by Gasteiger charge is -2.15. The Kier molecular flexibility index (Phi) is 7.85. The number of hydrogen-bond donors (Lipinski definition) is 1. The van der Waals surface area contributed by atoms with Crippen molar-refractivity contribution < 1.29 is 4.79 Å². The highest BCUT2D eigenvalue weighted by Crippen LogP contribution is 1.88. The Bertz CT molecular complexity index is 280. The van der Waals surface area contributed by atoms with E-state index in [0.29, 0.717) is 0 Å². The van der Waals surface area contributed by atoms with Gasteiger partial charge in [0.15, 0.2) is 0 Å². The summed E-state index contributed by atoms with van der Waals surface area (Å²) in [7, 11) is 0. The molecule has 0 atom stereocenters. The fourth-order valence-corrected chi connectivity index (χ4v) is 1.07. The molecule has 90 valence electrons. The van der Waals surface area contributed by atoms with Gasteiger partial charge >= 0.3 is 0 Å². The van der Waals surface area contributed by atoms with E-state index in [9.17, 15) is 4.79 Å². The van der Waals surface area contributed by atoms with Crippen LogP contribution in [0, 0.1) is 0 Å². The van der Waals surface area contributed by atoms with E-state index in [1.165, 1.54) is 0 Å². The SMILES string of the molecule is C/C=C/N=C\N(/C=C/C)CC(=O)NC(C)C.